The van der Waals surface area contributed by atoms with Crippen molar-refractivity contribution in [2.75, 3.05) is 26.7 Å². The van der Waals surface area contributed by atoms with Crippen LogP contribution in [0.1, 0.15) is 57.8 Å². The SMILES string of the molecule is Cc1cccc(C(=O)N(C)CCc2noc(-c3ccc(C(=O)N4CCCCCC4)cc3)n2)c1. The number of likely N-dealkylation sites (N-methyl/N-ethyl adjacent to an activating group) is 1. The van der Waals surface area contributed by atoms with Crippen molar-refractivity contribution >= 4 is 11.8 Å². The molecule has 1 aromatic heterocycles. The topological polar surface area (TPSA) is 79.5 Å². The zero-order valence-corrected chi connectivity index (χ0v) is 19.3. The predicted octanol–water partition coefficient (Wildman–Crippen LogP) is 4.38. The number of likely N-dealkylation sites (tertiary alicyclic amines) is 1. The quantitative estimate of drug-likeness (QED) is 0.562. The van der Waals surface area contributed by atoms with Crippen LogP contribution in [0.2, 0.25) is 0 Å². The molecule has 0 bridgehead atoms. The molecule has 2 heterocycles. The van der Waals surface area contributed by atoms with Gasteiger partial charge in [0.25, 0.3) is 17.7 Å². The number of benzene rings is 2. The van der Waals surface area contributed by atoms with Crippen molar-refractivity contribution in [3.63, 3.8) is 0 Å². The Morgan fingerprint density at radius 2 is 1.73 bits per heavy atom. The largest absolute Gasteiger partial charge is 0.341 e. The van der Waals surface area contributed by atoms with Crippen molar-refractivity contribution in [3.05, 3.63) is 71.0 Å². The van der Waals surface area contributed by atoms with E-state index < -0.39 is 0 Å². The average molecular weight is 447 g/mol. The molecule has 1 aliphatic heterocycles. The maximum absolute atomic E-state index is 12.8. The molecule has 172 valence electrons. The molecule has 0 N–H and O–H groups in total. The van der Waals surface area contributed by atoms with Crippen LogP contribution in [-0.4, -0.2) is 58.4 Å². The summed E-state index contributed by atoms with van der Waals surface area (Å²) < 4.78 is 5.42. The molecule has 0 aliphatic carbocycles. The molecule has 0 saturated carbocycles. The standard InChI is InChI=1S/C26H30N4O3/c1-19-8-7-9-22(18-19)25(31)29(2)17-14-23-27-24(33-28-23)20-10-12-21(13-11-20)26(32)30-15-5-3-4-6-16-30/h7-13,18H,3-6,14-17H2,1-2H3. The molecule has 4 rings (SSSR count). The van der Waals surface area contributed by atoms with E-state index >= 15 is 0 Å². The van der Waals surface area contributed by atoms with Crippen molar-refractivity contribution in [2.24, 2.45) is 0 Å². The fourth-order valence-corrected chi connectivity index (χ4v) is 4.05. The van der Waals surface area contributed by atoms with Gasteiger partial charge in [-0.2, -0.15) is 4.98 Å². The minimum atomic E-state index is -0.0351. The second-order valence-electron chi connectivity index (χ2n) is 8.65. The molecule has 7 nitrogen and oxygen atoms in total. The normalized spacial score (nSPS) is 14.1. The maximum Gasteiger partial charge on any atom is 0.257 e. The second kappa shape index (κ2) is 10.4. The number of aryl methyl sites for hydroxylation is 1. The monoisotopic (exact) mass is 446 g/mol. The molecule has 7 heteroatoms. The van der Waals surface area contributed by atoms with Gasteiger partial charge >= 0.3 is 0 Å². The number of rotatable bonds is 6. The van der Waals surface area contributed by atoms with Crippen LogP contribution in [0.25, 0.3) is 11.5 Å². The first-order valence-corrected chi connectivity index (χ1v) is 11.6. The van der Waals surface area contributed by atoms with Gasteiger partial charge in [0, 0.05) is 49.8 Å². The number of aromatic nitrogens is 2. The lowest BCUT2D eigenvalue weighted by atomic mass is 10.1. The Labute approximate surface area is 194 Å². The van der Waals surface area contributed by atoms with Gasteiger partial charge in [0.15, 0.2) is 5.82 Å². The lowest BCUT2D eigenvalue weighted by molar-refractivity contribution is 0.0760. The van der Waals surface area contributed by atoms with E-state index in [2.05, 4.69) is 10.1 Å². The minimum Gasteiger partial charge on any atom is -0.341 e. The molecule has 0 radical (unpaired) electrons. The summed E-state index contributed by atoms with van der Waals surface area (Å²) in [6.07, 6.45) is 5.01. The fourth-order valence-electron chi connectivity index (χ4n) is 4.05. The molecule has 0 atom stereocenters. The third-order valence-electron chi connectivity index (χ3n) is 6.02. The molecular formula is C26H30N4O3. The highest BCUT2D eigenvalue weighted by Crippen LogP contribution is 2.20. The molecular weight excluding hydrogens is 416 g/mol. The second-order valence-corrected chi connectivity index (χ2v) is 8.65. The van der Waals surface area contributed by atoms with Crippen molar-refractivity contribution in [3.8, 4) is 11.5 Å². The van der Waals surface area contributed by atoms with E-state index in [1.807, 2.05) is 60.4 Å². The Balaban J connectivity index is 1.35. The number of hydrogen-bond acceptors (Lipinski definition) is 5. The fraction of sp³-hybridized carbons (Fsp3) is 0.385. The summed E-state index contributed by atoms with van der Waals surface area (Å²) in [6.45, 7) is 4.10. The number of amides is 2. The van der Waals surface area contributed by atoms with Gasteiger partial charge in [0.2, 0.25) is 0 Å². The summed E-state index contributed by atoms with van der Waals surface area (Å²) in [5.41, 5.74) is 3.17. The van der Waals surface area contributed by atoms with Crippen LogP contribution < -0.4 is 0 Å². The highest BCUT2D eigenvalue weighted by Gasteiger charge is 2.18. The van der Waals surface area contributed by atoms with E-state index in [0.29, 0.717) is 35.8 Å². The molecule has 3 aromatic rings. The summed E-state index contributed by atoms with van der Waals surface area (Å²) in [7, 11) is 1.77. The Hall–Kier alpha value is -3.48. The minimum absolute atomic E-state index is 0.0351. The summed E-state index contributed by atoms with van der Waals surface area (Å²) in [4.78, 5) is 33.4. The van der Waals surface area contributed by atoms with Gasteiger partial charge in [-0.25, -0.2) is 0 Å². The van der Waals surface area contributed by atoms with E-state index in [1.54, 1.807) is 11.9 Å². The predicted molar refractivity (Wildman–Crippen MR) is 126 cm³/mol. The van der Waals surface area contributed by atoms with Gasteiger partial charge in [-0.15, -0.1) is 0 Å². The van der Waals surface area contributed by atoms with E-state index in [9.17, 15) is 9.59 Å². The summed E-state index contributed by atoms with van der Waals surface area (Å²) in [5.74, 6) is 0.994. The van der Waals surface area contributed by atoms with Gasteiger partial charge in [0.1, 0.15) is 0 Å². The molecule has 33 heavy (non-hydrogen) atoms. The highest BCUT2D eigenvalue weighted by atomic mass is 16.5. The lowest BCUT2D eigenvalue weighted by Gasteiger charge is -2.20. The molecule has 0 spiro atoms. The zero-order chi connectivity index (χ0) is 23.2. The van der Waals surface area contributed by atoms with Crippen molar-refractivity contribution in [1.82, 2.24) is 19.9 Å². The van der Waals surface area contributed by atoms with E-state index in [-0.39, 0.29) is 11.8 Å². The maximum atomic E-state index is 12.8. The Morgan fingerprint density at radius 1 is 1.00 bits per heavy atom. The first kappa shape index (κ1) is 22.7. The van der Waals surface area contributed by atoms with E-state index in [4.69, 9.17) is 4.52 Å². The molecule has 1 aliphatic rings. The van der Waals surface area contributed by atoms with Crippen LogP contribution in [-0.2, 0) is 6.42 Å². The van der Waals surface area contributed by atoms with Crippen LogP contribution >= 0.6 is 0 Å². The van der Waals surface area contributed by atoms with Crippen molar-refractivity contribution < 1.29 is 14.1 Å². The average Bonchev–Trinajstić information content (AvgIpc) is 3.15. The Kier molecular flexibility index (Phi) is 7.17. The van der Waals surface area contributed by atoms with Gasteiger partial charge < -0.3 is 14.3 Å². The molecule has 1 saturated heterocycles. The third kappa shape index (κ3) is 5.66. The van der Waals surface area contributed by atoms with Crippen LogP contribution in [0.5, 0.6) is 0 Å². The number of nitrogens with zero attached hydrogens (tertiary/aromatic N) is 4. The molecule has 0 unspecified atom stereocenters. The zero-order valence-electron chi connectivity index (χ0n) is 19.3. The van der Waals surface area contributed by atoms with Crippen LogP contribution in [0.4, 0.5) is 0 Å². The summed E-state index contributed by atoms with van der Waals surface area (Å²) >= 11 is 0. The Morgan fingerprint density at radius 3 is 2.42 bits per heavy atom. The molecule has 2 aromatic carbocycles. The van der Waals surface area contributed by atoms with E-state index in [0.717, 1.165) is 37.1 Å². The third-order valence-corrected chi connectivity index (χ3v) is 6.02. The van der Waals surface area contributed by atoms with Crippen molar-refractivity contribution in [2.45, 2.75) is 39.0 Å². The van der Waals surface area contributed by atoms with Crippen molar-refractivity contribution in [1.29, 1.82) is 0 Å². The highest BCUT2D eigenvalue weighted by molar-refractivity contribution is 5.95. The first-order chi connectivity index (χ1) is 16.0. The van der Waals surface area contributed by atoms with E-state index in [1.165, 1.54) is 12.8 Å². The van der Waals surface area contributed by atoms with Gasteiger partial charge in [-0.05, 0) is 56.2 Å². The van der Waals surface area contributed by atoms with Gasteiger partial charge in [-0.3, -0.25) is 9.59 Å². The first-order valence-electron chi connectivity index (χ1n) is 11.6. The summed E-state index contributed by atoms with van der Waals surface area (Å²) in [6, 6.07) is 14.9. The lowest BCUT2D eigenvalue weighted by Crippen LogP contribution is -2.31. The van der Waals surface area contributed by atoms with Gasteiger partial charge in [0.05, 0.1) is 0 Å². The van der Waals surface area contributed by atoms with Crippen LogP contribution in [0.3, 0.4) is 0 Å². The summed E-state index contributed by atoms with van der Waals surface area (Å²) in [5, 5.41) is 4.05. The molecule has 2 amide bonds. The van der Waals surface area contributed by atoms with Gasteiger partial charge in [-0.1, -0.05) is 35.7 Å². The Bertz CT molecular complexity index is 1100. The van der Waals surface area contributed by atoms with Crippen LogP contribution in [0.15, 0.2) is 53.1 Å². The smallest absolute Gasteiger partial charge is 0.257 e. The number of carbonyl (C=O) groups is 2. The van der Waals surface area contributed by atoms with Crippen LogP contribution in [0, 0.1) is 6.92 Å². The number of hydrogen-bond donors (Lipinski definition) is 0. The molecule has 1 fully saturated rings. The number of carbonyl (C=O) groups excluding carboxylic acids is 2.